The zero-order valence-electron chi connectivity index (χ0n) is 28.1. The Morgan fingerprint density at radius 3 is 2.75 bits per heavy atom. The fourth-order valence-corrected chi connectivity index (χ4v) is 10.8. The van der Waals surface area contributed by atoms with Crippen molar-refractivity contribution in [2.24, 2.45) is 17.8 Å². The third-order valence-electron chi connectivity index (χ3n) is 12.3. The first-order chi connectivity index (χ1) is 24.8. The third-order valence-corrected chi connectivity index (χ3v) is 13.7. The minimum absolute atomic E-state index is 0.0975. The lowest BCUT2D eigenvalue weighted by Gasteiger charge is -2.40. The van der Waals surface area contributed by atoms with E-state index in [4.69, 9.17) is 28.2 Å². The number of nitriles is 1. The fraction of sp³-hybridized carbons (Fsp3) is 0.436. The van der Waals surface area contributed by atoms with Gasteiger partial charge in [-0.3, -0.25) is 4.79 Å². The Morgan fingerprint density at radius 2 is 2.02 bits per heavy atom. The number of benzene rings is 2. The predicted molar refractivity (Wildman–Crippen MR) is 199 cm³/mol. The molecular formula is C39H36Cl2FN7OS. The van der Waals surface area contributed by atoms with Crippen molar-refractivity contribution < 1.29 is 9.18 Å². The SMILES string of the molecule is Cc1nc2c(F)c(-c3cccc(Cl)c3Cl)c(CCC#N)cc2c2c1cc(C1C3CC(CN(c4cnsc4)C3)N1C(=O)C1CC1)n2C1C2CNC1C2. The quantitative estimate of drug-likeness (QED) is 0.181. The topological polar surface area (TPSA) is 90.1 Å². The number of halogens is 3. The summed E-state index contributed by atoms with van der Waals surface area (Å²) in [6.45, 7) is 4.55. The maximum Gasteiger partial charge on any atom is 0.226 e. The van der Waals surface area contributed by atoms with Gasteiger partial charge in [0.1, 0.15) is 5.52 Å². The number of hydrogen-bond donors (Lipinski definition) is 1. The summed E-state index contributed by atoms with van der Waals surface area (Å²) in [5.74, 6) is 0.596. The molecule has 0 radical (unpaired) electrons. The molecule has 0 spiro atoms. The van der Waals surface area contributed by atoms with E-state index < -0.39 is 5.82 Å². The van der Waals surface area contributed by atoms with Crippen LogP contribution in [-0.2, 0) is 11.2 Å². The van der Waals surface area contributed by atoms with E-state index >= 15 is 4.39 Å². The summed E-state index contributed by atoms with van der Waals surface area (Å²) in [5.41, 5.74) is 5.79. The first-order valence-electron chi connectivity index (χ1n) is 18.0. The number of carbonyl (C=O) groups is 1. The van der Waals surface area contributed by atoms with Gasteiger partial charge in [0.15, 0.2) is 5.82 Å². The van der Waals surface area contributed by atoms with Gasteiger partial charge in [-0.1, -0.05) is 35.3 Å². The van der Waals surface area contributed by atoms with Crippen molar-refractivity contribution in [1.82, 2.24) is 24.1 Å². The van der Waals surface area contributed by atoms with Gasteiger partial charge in [0, 0.05) is 82.6 Å². The van der Waals surface area contributed by atoms with Gasteiger partial charge in [0.05, 0.1) is 51.6 Å². The normalized spacial score (nSPS) is 26.6. The van der Waals surface area contributed by atoms with E-state index in [1.54, 1.807) is 18.2 Å². The second-order valence-electron chi connectivity index (χ2n) is 15.2. The molecule has 6 unspecified atom stereocenters. The Morgan fingerprint density at radius 1 is 1.16 bits per heavy atom. The van der Waals surface area contributed by atoms with Crippen molar-refractivity contribution in [3.8, 4) is 17.2 Å². The average Bonchev–Trinajstić information content (AvgIpc) is 3.56. The molecule has 7 heterocycles. The first kappa shape index (κ1) is 31.9. The summed E-state index contributed by atoms with van der Waals surface area (Å²) in [4.78, 5) is 23.9. The molecule has 3 aromatic heterocycles. The molecular weight excluding hydrogens is 704 g/mol. The zero-order valence-corrected chi connectivity index (χ0v) is 30.4. The first-order valence-corrected chi connectivity index (χ1v) is 19.6. The summed E-state index contributed by atoms with van der Waals surface area (Å²) >= 11 is 14.6. The number of rotatable bonds is 7. The van der Waals surface area contributed by atoms with E-state index in [1.807, 2.05) is 19.2 Å². The van der Waals surface area contributed by atoms with Crippen LogP contribution < -0.4 is 10.2 Å². The summed E-state index contributed by atoms with van der Waals surface area (Å²) < 4.78 is 24.1. The van der Waals surface area contributed by atoms with Gasteiger partial charge in [-0.05, 0) is 80.2 Å². The van der Waals surface area contributed by atoms with Crippen molar-refractivity contribution in [2.45, 2.75) is 69.6 Å². The highest BCUT2D eigenvalue weighted by atomic mass is 35.5. The number of pyridine rings is 1. The van der Waals surface area contributed by atoms with E-state index in [-0.39, 0.29) is 52.8 Å². The maximum absolute atomic E-state index is 17.3. The van der Waals surface area contributed by atoms with Crippen LogP contribution in [0.1, 0.15) is 61.1 Å². The summed E-state index contributed by atoms with van der Waals surface area (Å²) in [6, 6.07) is 12.3. The number of nitrogens with zero attached hydrogens (tertiary/aromatic N) is 6. The van der Waals surface area contributed by atoms with Crippen LogP contribution in [0.25, 0.3) is 32.9 Å². The van der Waals surface area contributed by atoms with Gasteiger partial charge in [-0.15, -0.1) is 0 Å². The molecule has 1 N–H and O–H groups in total. The van der Waals surface area contributed by atoms with Crippen molar-refractivity contribution in [3.63, 3.8) is 0 Å². The number of carbonyl (C=O) groups excluding carboxylic acids is 1. The number of amides is 1. The maximum atomic E-state index is 17.3. The molecule has 5 aromatic rings. The van der Waals surface area contributed by atoms with Crippen LogP contribution in [0.4, 0.5) is 10.1 Å². The molecule has 6 fully saturated rings. The number of anilines is 1. The number of likely N-dealkylation sites (tertiary alicyclic amines) is 1. The summed E-state index contributed by atoms with van der Waals surface area (Å²) in [7, 11) is 0. The highest BCUT2D eigenvalue weighted by Crippen LogP contribution is 2.54. The van der Waals surface area contributed by atoms with E-state index in [9.17, 15) is 10.1 Å². The Hall–Kier alpha value is -3.75. The van der Waals surface area contributed by atoms with E-state index in [1.165, 1.54) is 11.5 Å². The number of aromatic nitrogens is 3. The van der Waals surface area contributed by atoms with Crippen LogP contribution in [-0.4, -0.2) is 56.4 Å². The molecule has 12 heteroatoms. The van der Waals surface area contributed by atoms with Gasteiger partial charge < -0.3 is 19.7 Å². The smallest absolute Gasteiger partial charge is 0.226 e. The van der Waals surface area contributed by atoms with Gasteiger partial charge in [0.2, 0.25) is 5.91 Å². The standard InChI is InChI=1S/C39H36Cl2FN7OS/c1-19-27-13-31(37-23-10-24(48(37)39(50)20-7-8-20)17-47(16-23)25-15-45-51-18-25)49(36-22-12-30(36)44-14-22)38(27)28-11-21(4-3-9-43)32(34(42)35(28)46-19)26-5-2-6-29(40)33(26)41/h2,5-6,11,13,15,18,20,22-24,30,36-37,44H,3-4,7-8,10,12,14,16-17H2,1H3. The molecule has 8 nitrogen and oxygen atoms in total. The van der Waals surface area contributed by atoms with E-state index in [0.717, 1.165) is 78.7 Å². The fourth-order valence-electron chi connectivity index (χ4n) is 9.87. The Balaban J connectivity index is 1.23. The summed E-state index contributed by atoms with van der Waals surface area (Å²) in [5, 5.41) is 17.8. The molecule has 6 atom stereocenters. The average molecular weight is 741 g/mol. The lowest BCUT2D eigenvalue weighted by atomic mass is 9.79. The Kier molecular flexibility index (Phi) is 7.45. The number of fused-ring (bicyclic) bond motifs is 6. The highest BCUT2D eigenvalue weighted by Gasteiger charge is 2.55. The van der Waals surface area contributed by atoms with Crippen LogP contribution in [0.5, 0.6) is 0 Å². The Labute approximate surface area is 309 Å². The third kappa shape index (κ3) is 4.81. The number of piperidine rings is 1. The summed E-state index contributed by atoms with van der Waals surface area (Å²) in [6.07, 6.45) is 6.49. The Bertz CT molecular complexity index is 2280. The van der Waals surface area contributed by atoms with Gasteiger partial charge in [-0.25, -0.2) is 9.37 Å². The zero-order chi connectivity index (χ0) is 34.7. The van der Waals surface area contributed by atoms with Crippen molar-refractivity contribution >= 4 is 68.1 Å². The van der Waals surface area contributed by atoms with E-state index in [2.05, 4.69) is 41.6 Å². The molecule has 11 rings (SSSR count). The molecule has 4 aliphatic heterocycles. The predicted octanol–water partition coefficient (Wildman–Crippen LogP) is 8.24. The van der Waals surface area contributed by atoms with Crippen molar-refractivity contribution in [2.75, 3.05) is 24.5 Å². The van der Waals surface area contributed by atoms with Crippen LogP contribution >= 0.6 is 34.7 Å². The van der Waals surface area contributed by atoms with Crippen LogP contribution in [0, 0.1) is 41.8 Å². The number of aryl methyl sites for hydroxylation is 2. The van der Waals surface area contributed by atoms with Crippen LogP contribution in [0.2, 0.25) is 10.0 Å². The second kappa shape index (κ2) is 11.9. The molecule has 1 amide bonds. The number of nitrogens with one attached hydrogen (secondary N) is 1. The molecule has 260 valence electrons. The van der Waals surface area contributed by atoms with Gasteiger partial charge >= 0.3 is 0 Å². The van der Waals surface area contributed by atoms with Gasteiger partial charge in [-0.2, -0.15) is 9.64 Å². The van der Waals surface area contributed by atoms with E-state index in [0.29, 0.717) is 40.1 Å². The molecule has 4 saturated heterocycles. The van der Waals surface area contributed by atoms with Gasteiger partial charge in [0.25, 0.3) is 0 Å². The largest absolute Gasteiger partial charge is 0.367 e. The highest BCUT2D eigenvalue weighted by molar-refractivity contribution is 7.04. The lowest BCUT2D eigenvalue weighted by molar-refractivity contribution is -0.135. The van der Waals surface area contributed by atoms with Crippen molar-refractivity contribution in [1.29, 1.82) is 5.26 Å². The van der Waals surface area contributed by atoms with Crippen LogP contribution in [0.3, 0.4) is 0 Å². The second-order valence-corrected chi connectivity index (χ2v) is 16.6. The molecule has 2 saturated carbocycles. The van der Waals surface area contributed by atoms with Crippen molar-refractivity contribution in [3.05, 3.63) is 74.7 Å². The minimum atomic E-state index is -0.458. The lowest BCUT2D eigenvalue weighted by Crippen LogP contribution is -2.45. The molecule has 2 aromatic carbocycles. The monoisotopic (exact) mass is 739 g/mol. The minimum Gasteiger partial charge on any atom is -0.367 e. The molecule has 4 bridgehead atoms. The molecule has 6 aliphatic rings. The molecule has 2 aliphatic carbocycles. The number of hydrogen-bond acceptors (Lipinski definition) is 7. The van der Waals surface area contributed by atoms with Crippen LogP contribution in [0.15, 0.2) is 41.9 Å². The molecule has 51 heavy (non-hydrogen) atoms.